The summed E-state index contributed by atoms with van der Waals surface area (Å²) in [5, 5.41) is 2.12. The topological polar surface area (TPSA) is 80.3 Å². The summed E-state index contributed by atoms with van der Waals surface area (Å²) in [6.07, 6.45) is -0.211. The lowest BCUT2D eigenvalue weighted by Gasteiger charge is -2.06. The second-order valence-corrected chi connectivity index (χ2v) is 6.34. The van der Waals surface area contributed by atoms with E-state index >= 15 is 0 Å². The lowest BCUT2D eigenvalue weighted by molar-refractivity contribution is -0.132. The molecule has 0 aliphatic carbocycles. The first-order chi connectivity index (χ1) is 7.28. The van der Waals surface area contributed by atoms with Gasteiger partial charge >= 0.3 is 0 Å². The first kappa shape index (κ1) is 15.4. The number of carbonyl (C=O) groups is 2. The van der Waals surface area contributed by atoms with Gasteiger partial charge in [0.25, 0.3) is 0 Å². The summed E-state index contributed by atoms with van der Waals surface area (Å²) in [5.41, 5.74) is 0. The number of sulfone groups is 1. The van der Waals surface area contributed by atoms with Crippen LogP contribution in [0.2, 0.25) is 0 Å². The molecule has 0 aromatic rings. The van der Waals surface area contributed by atoms with Crippen molar-refractivity contribution in [2.75, 3.05) is 17.4 Å². The van der Waals surface area contributed by atoms with E-state index in [1.807, 2.05) is 0 Å². The minimum atomic E-state index is -3.29. The first-order valence-electron chi connectivity index (χ1n) is 4.88. The van der Waals surface area contributed by atoms with Crippen LogP contribution in [0, 0.1) is 5.92 Å². The molecule has 0 saturated carbocycles. The average molecular weight is 270 g/mol. The zero-order valence-corrected chi connectivity index (χ0v) is 10.9. The Kier molecular flexibility index (Phi) is 6.59. The Morgan fingerprint density at radius 3 is 2.25 bits per heavy atom. The zero-order valence-electron chi connectivity index (χ0n) is 9.32. The summed E-state index contributed by atoms with van der Waals surface area (Å²) in [6.45, 7) is 3.29. The summed E-state index contributed by atoms with van der Waals surface area (Å²) in [5.74, 6) is -1.70. The molecule has 0 bridgehead atoms. The Hall–Kier alpha value is -0.620. The molecule has 0 atom stereocenters. The Morgan fingerprint density at radius 1 is 1.25 bits per heavy atom. The number of imide groups is 1. The van der Waals surface area contributed by atoms with Crippen molar-refractivity contribution in [1.29, 1.82) is 0 Å². The fourth-order valence-electron chi connectivity index (χ4n) is 0.812. The van der Waals surface area contributed by atoms with Crippen molar-refractivity contribution in [2.24, 2.45) is 5.92 Å². The van der Waals surface area contributed by atoms with E-state index in [1.54, 1.807) is 13.8 Å². The van der Waals surface area contributed by atoms with E-state index in [1.165, 1.54) is 0 Å². The van der Waals surface area contributed by atoms with E-state index in [4.69, 9.17) is 11.6 Å². The zero-order chi connectivity index (χ0) is 12.8. The Morgan fingerprint density at radius 2 is 1.81 bits per heavy atom. The number of hydrogen-bond donors (Lipinski definition) is 1. The summed E-state index contributed by atoms with van der Waals surface area (Å²) < 4.78 is 22.4. The van der Waals surface area contributed by atoms with Gasteiger partial charge in [-0.2, -0.15) is 0 Å². The third kappa shape index (κ3) is 6.79. The molecular formula is C9H16ClNO4S. The van der Waals surface area contributed by atoms with Crippen molar-refractivity contribution in [3.8, 4) is 0 Å². The van der Waals surface area contributed by atoms with Gasteiger partial charge in [-0.25, -0.2) is 8.42 Å². The Balaban J connectivity index is 4.04. The van der Waals surface area contributed by atoms with Crippen LogP contribution in [0.1, 0.15) is 20.3 Å². The van der Waals surface area contributed by atoms with Gasteiger partial charge in [0.15, 0.2) is 9.84 Å². The molecule has 0 aromatic carbocycles. The van der Waals surface area contributed by atoms with Crippen molar-refractivity contribution < 1.29 is 18.0 Å². The second kappa shape index (κ2) is 6.85. The van der Waals surface area contributed by atoms with Crippen LogP contribution in [0.5, 0.6) is 0 Å². The van der Waals surface area contributed by atoms with Crippen molar-refractivity contribution in [3.63, 3.8) is 0 Å². The molecule has 16 heavy (non-hydrogen) atoms. The van der Waals surface area contributed by atoms with Crippen LogP contribution in [0.25, 0.3) is 0 Å². The molecule has 0 fully saturated rings. The van der Waals surface area contributed by atoms with E-state index in [0.717, 1.165) is 0 Å². The van der Waals surface area contributed by atoms with Crippen LogP contribution in [-0.4, -0.2) is 37.6 Å². The SMILES string of the molecule is CC(C)C(=O)NC(=O)CCS(=O)(=O)CCCl. The highest BCUT2D eigenvalue weighted by Gasteiger charge is 2.15. The molecule has 0 unspecified atom stereocenters. The number of nitrogens with one attached hydrogen (secondary N) is 1. The van der Waals surface area contributed by atoms with Gasteiger partial charge in [0.1, 0.15) is 0 Å². The van der Waals surface area contributed by atoms with Crippen LogP contribution in [0.4, 0.5) is 0 Å². The van der Waals surface area contributed by atoms with Crippen LogP contribution in [-0.2, 0) is 19.4 Å². The molecule has 0 aromatic heterocycles. The molecule has 0 aliphatic heterocycles. The third-order valence-electron chi connectivity index (χ3n) is 1.82. The highest BCUT2D eigenvalue weighted by atomic mass is 35.5. The van der Waals surface area contributed by atoms with E-state index in [9.17, 15) is 18.0 Å². The highest BCUT2D eigenvalue weighted by molar-refractivity contribution is 7.91. The fraction of sp³-hybridized carbons (Fsp3) is 0.778. The van der Waals surface area contributed by atoms with Crippen molar-refractivity contribution in [2.45, 2.75) is 20.3 Å². The smallest absolute Gasteiger partial charge is 0.229 e. The lowest BCUT2D eigenvalue weighted by atomic mass is 10.2. The molecule has 0 radical (unpaired) electrons. The molecule has 7 heteroatoms. The Bertz CT molecular complexity index is 351. The van der Waals surface area contributed by atoms with Gasteiger partial charge < -0.3 is 0 Å². The standard InChI is InChI=1S/C9H16ClNO4S/c1-7(2)9(13)11-8(12)3-5-16(14,15)6-4-10/h7H,3-6H2,1-2H3,(H,11,12,13). The van der Waals surface area contributed by atoms with Gasteiger partial charge in [0, 0.05) is 18.2 Å². The Labute approximate surface area is 100 Å². The molecule has 0 heterocycles. The first-order valence-corrected chi connectivity index (χ1v) is 7.24. The number of alkyl halides is 1. The molecular weight excluding hydrogens is 254 g/mol. The maximum Gasteiger partial charge on any atom is 0.229 e. The molecule has 0 aliphatic rings. The predicted octanol–water partition coefficient (Wildman–Crippen LogP) is 0.329. The molecule has 1 N–H and O–H groups in total. The summed E-state index contributed by atoms with van der Waals surface area (Å²) >= 11 is 5.29. The minimum absolute atomic E-state index is 0.00881. The van der Waals surface area contributed by atoms with Gasteiger partial charge in [-0.3, -0.25) is 14.9 Å². The monoisotopic (exact) mass is 269 g/mol. The summed E-state index contributed by atoms with van der Waals surface area (Å²) in [7, 11) is -3.29. The van der Waals surface area contributed by atoms with Gasteiger partial charge in [-0.1, -0.05) is 13.8 Å². The van der Waals surface area contributed by atoms with E-state index in [-0.39, 0.29) is 29.7 Å². The van der Waals surface area contributed by atoms with Crippen LogP contribution < -0.4 is 5.32 Å². The van der Waals surface area contributed by atoms with Gasteiger partial charge in [0.2, 0.25) is 11.8 Å². The minimum Gasteiger partial charge on any atom is -0.296 e. The fourth-order valence-corrected chi connectivity index (χ4v) is 2.45. The van der Waals surface area contributed by atoms with Gasteiger partial charge in [-0.15, -0.1) is 11.6 Å². The molecule has 94 valence electrons. The number of rotatable bonds is 6. The largest absolute Gasteiger partial charge is 0.296 e. The highest BCUT2D eigenvalue weighted by Crippen LogP contribution is 1.97. The van der Waals surface area contributed by atoms with Crippen LogP contribution in [0.3, 0.4) is 0 Å². The second-order valence-electron chi connectivity index (χ2n) is 3.66. The molecule has 0 saturated heterocycles. The van der Waals surface area contributed by atoms with Gasteiger partial charge in [0.05, 0.1) is 11.5 Å². The molecule has 0 rings (SSSR count). The van der Waals surface area contributed by atoms with Crippen LogP contribution >= 0.6 is 11.6 Å². The molecule has 0 spiro atoms. The maximum absolute atomic E-state index is 11.2. The number of hydrogen-bond acceptors (Lipinski definition) is 4. The summed E-state index contributed by atoms with van der Waals surface area (Å²) in [4.78, 5) is 22.3. The lowest BCUT2D eigenvalue weighted by Crippen LogP contribution is -2.34. The quantitative estimate of drug-likeness (QED) is 0.705. The normalized spacial score (nSPS) is 11.5. The van der Waals surface area contributed by atoms with Gasteiger partial charge in [-0.05, 0) is 0 Å². The van der Waals surface area contributed by atoms with E-state index in [2.05, 4.69) is 5.32 Å². The number of carbonyl (C=O) groups excluding carboxylic acids is 2. The van der Waals surface area contributed by atoms with Crippen LogP contribution in [0.15, 0.2) is 0 Å². The van der Waals surface area contributed by atoms with Crippen molar-refractivity contribution >= 4 is 33.3 Å². The molecule has 2 amide bonds. The number of amides is 2. The van der Waals surface area contributed by atoms with E-state index < -0.39 is 21.7 Å². The molecule has 5 nitrogen and oxygen atoms in total. The summed E-state index contributed by atoms with van der Waals surface area (Å²) in [6, 6.07) is 0. The van der Waals surface area contributed by atoms with Crippen molar-refractivity contribution in [1.82, 2.24) is 5.32 Å². The van der Waals surface area contributed by atoms with E-state index in [0.29, 0.717) is 0 Å². The number of halogens is 1. The third-order valence-corrected chi connectivity index (χ3v) is 3.88. The maximum atomic E-state index is 11.2. The predicted molar refractivity (Wildman–Crippen MR) is 62.0 cm³/mol. The average Bonchev–Trinajstić information content (AvgIpc) is 2.14. The van der Waals surface area contributed by atoms with Crippen molar-refractivity contribution in [3.05, 3.63) is 0 Å².